The van der Waals surface area contributed by atoms with Crippen molar-refractivity contribution < 1.29 is 32.3 Å². The van der Waals surface area contributed by atoms with Gasteiger partial charge in [0.25, 0.3) is 0 Å². The van der Waals surface area contributed by atoms with Crippen LogP contribution in [0.4, 0.5) is 3.89 Å². The summed E-state index contributed by atoms with van der Waals surface area (Å²) in [6.45, 7) is 7.15. The second-order valence-corrected chi connectivity index (χ2v) is 17.4. The van der Waals surface area contributed by atoms with E-state index in [0.29, 0.717) is 52.4 Å². The summed E-state index contributed by atoms with van der Waals surface area (Å²) in [7, 11) is 0. The molecule has 0 bridgehead atoms. The molecule has 2 N–H and O–H groups in total. The van der Waals surface area contributed by atoms with E-state index >= 15 is 0 Å². The number of pyridine rings is 3. The largest absolute Gasteiger partial charge is 0.378 e. The van der Waals surface area contributed by atoms with E-state index in [1.54, 1.807) is 0 Å². The van der Waals surface area contributed by atoms with E-state index in [4.69, 9.17) is 34.2 Å². The van der Waals surface area contributed by atoms with Crippen LogP contribution in [-0.2, 0) is 44.7 Å². The van der Waals surface area contributed by atoms with Crippen LogP contribution in [0.3, 0.4) is 0 Å². The molecule has 12 nitrogen and oxygen atoms in total. The van der Waals surface area contributed by atoms with Crippen LogP contribution in [0.1, 0.15) is 94.1 Å². The molecule has 0 aromatic carbocycles. The molecule has 9 rings (SSSR count). The summed E-state index contributed by atoms with van der Waals surface area (Å²) in [5.74, 6) is 0. The van der Waals surface area contributed by atoms with Crippen molar-refractivity contribution in [3.05, 3.63) is 90.3 Å². The van der Waals surface area contributed by atoms with Crippen LogP contribution in [0.15, 0.2) is 73.2 Å². The molecule has 14 heteroatoms. The lowest BCUT2D eigenvalue weighted by atomic mass is 9.68. The summed E-state index contributed by atoms with van der Waals surface area (Å²) < 4.78 is 44.8. The van der Waals surface area contributed by atoms with Crippen LogP contribution in [0.5, 0.6) is 0 Å². The quantitative estimate of drug-likeness (QED) is 0.252. The van der Waals surface area contributed by atoms with Crippen LogP contribution in [0.2, 0.25) is 0 Å². The van der Waals surface area contributed by atoms with Crippen LogP contribution in [0.25, 0.3) is 0 Å². The van der Waals surface area contributed by atoms with Crippen LogP contribution in [-0.4, -0.2) is 104 Å². The first-order valence-corrected chi connectivity index (χ1v) is 22.4. The number of halogens is 1. The van der Waals surface area contributed by atoms with E-state index in [-0.39, 0.29) is 45.2 Å². The Morgan fingerprint density at radius 3 is 1.23 bits per heavy atom. The molecule has 0 saturated carbocycles. The number of nitriles is 2. The van der Waals surface area contributed by atoms with Gasteiger partial charge in [0.05, 0.1) is 48.8 Å². The molecule has 6 aliphatic rings. The van der Waals surface area contributed by atoms with E-state index in [2.05, 4.69) is 39.2 Å². The molecule has 9 heterocycles. The van der Waals surface area contributed by atoms with Gasteiger partial charge in [-0.1, -0.05) is 18.2 Å². The Labute approximate surface area is 359 Å². The molecule has 324 valence electrons. The van der Waals surface area contributed by atoms with Crippen molar-refractivity contribution in [1.29, 1.82) is 10.5 Å². The molecular formula is C46H61FN6O6S. The number of hydrogen-bond donors (Lipinski definition) is 1. The third-order valence-corrected chi connectivity index (χ3v) is 13.2. The molecule has 3 spiro atoms. The normalized spacial score (nSPS) is 33.0. The van der Waals surface area contributed by atoms with E-state index < -0.39 is 0 Å². The summed E-state index contributed by atoms with van der Waals surface area (Å²) in [4.78, 5) is 13.6. The molecule has 6 aliphatic heterocycles. The first-order chi connectivity index (χ1) is 29.3. The van der Waals surface area contributed by atoms with Crippen molar-refractivity contribution in [2.45, 2.75) is 110 Å². The van der Waals surface area contributed by atoms with Gasteiger partial charge in [0, 0.05) is 142 Å². The van der Waals surface area contributed by atoms with Gasteiger partial charge in [-0.25, -0.2) is 0 Å². The highest BCUT2D eigenvalue weighted by molar-refractivity contribution is 7.93. The summed E-state index contributed by atoms with van der Waals surface area (Å²) in [6.07, 6.45) is 17.0. The number of rotatable bonds is 7. The molecule has 6 atom stereocenters. The Hall–Kier alpha value is -3.57. The Morgan fingerprint density at radius 1 is 0.583 bits per heavy atom. The Kier molecular flexibility index (Phi) is 16.5. The zero-order valence-electron chi connectivity index (χ0n) is 35.0. The molecule has 0 radical (unpaired) electrons. The van der Waals surface area contributed by atoms with Crippen molar-refractivity contribution in [3.63, 3.8) is 0 Å². The average molecular weight is 845 g/mol. The van der Waals surface area contributed by atoms with Crippen LogP contribution in [0, 0.1) is 22.7 Å². The van der Waals surface area contributed by atoms with E-state index in [9.17, 15) is 14.4 Å². The van der Waals surface area contributed by atoms with Crippen molar-refractivity contribution in [2.75, 3.05) is 72.3 Å². The minimum absolute atomic E-state index is 0.0575. The molecule has 60 heavy (non-hydrogen) atoms. The lowest BCUT2D eigenvalue weighted by Gasteiger charge is -2.45. The highest BCUT2D eigenvalue weighted by Crippen LogP contribution is 2.48. The maximum atomic E-state index is 10.2. The maximum Gasteiger partial charge on any atom is 0.0946 e. The molecule has 3 aromatic heterocycles. The minimum atomic E-state index is -0.202. The fraction of sp³-hybridized carbons (Fsp3) is 0.630. The summed E-state index contributed by atoms with van der Waals surface area (Å²) >= 11 is 0.250. The molecule has 0 aliphatic carbocycles. The lowest BCUT2D eigenvalue weighted by molar-refractivity contribution is -0.108. The average Bonchev–Trinajstić information content (AvgIpc) is 4.05. The predicted octanol–water partition coefficient (Wildman–Crippen LogP) is 7.28. The molecule has 2 unspecified atom stereocenters. The minimum Gasteiger partial charge on any atom is -0.378 e. The standard InChI is InChI=1S/C15H22N2O2.2C15H18N2O2.CH3FS/c3*16-7-4-14(13-3-1-2-8-17-13)5-10-19-15(11-14)6-9-18-12-15;1-3-2/h1-3,8H,4-7,9-12,16H2;2*1-3,8H,4-6,9-12H2;1H3/t2*14-,15-;;/m11../s1. The van der Waals surface area contributed by atoms with Gasteiger partial charge in [-0.3, -0.25) is 15.0 Å². The second kappa shape index (κ2) is 21.5. The van der Waals surface area contributed by atoms with Crippen molar-refractivity contribution >= 4 is 12.1 Å². The third kappa shape index (κ3) is 10.9. The molecule has 6 fully saturated rings. The topological polar surface area (TPSA) is 168 Å². The zero-order valence-corrected chi connectivity index (χ0v) is 35.9. The molecule has 0 amide bonds. The zero-order chi connectivity index (χ0) is 42.3. The van der Waals surface area contributed by atoms with Gasteiger partial charge in [0.2, 0.25) is 0 Å². The van der Waals surface area contributed by atoms with Crippen molar-refractivity contribution in [2.24, 2.45) is 5.73 Å². The molecule has 3 aromatic rings. The Balaban J connectivity index is 0.000000146. The van der Waals surface area contributed by atoms with Crippen LogP contribution < -0.4 is 5.73 Å². The van der Waals surface area contributed by atoms with Gasteiger partial charge in [-0.15, -0.1) is 0 Å². The first kappa shape index (κ1) is 45.9. The van der Waals surface area contributed by atoms with Gasteiger partial charge in [0.1, 0.15) is 0 Å². The van der Waals surface area contributed by atoms with Crippen molar-refractivity contribution in [1.82, 2.24) is 15.0 Å². The van der Waals surface area contributed by atoms with Crippen molar-refractivity contribution in [3.8, 4) is 12.1 Å². The number of nitrogens with zero attached hydrogens (tertiary/aromatic N) is 5. The second-order valence-electron chi connectivity index (χ2n) is 17.1. The fourth-order valence-electron chi connectivity index (χ4n) is 10.3. The predicted molar refractivity (Wildman–Crippen MR) is 227 cm³/mol. The lowest BCUT2D eigenvalue weighted by Crippen LogP contribution is -2.49. The number of aromatic nitrogens is 3. The van der Waals surface area contributed by atoms with E-state index in [1.807, 2.05) is 61.1 Å². The van der Waals surface area contributed by atoms with Gasteiger partial charge >= 0.3 is 0 Å². The maximum absolute atomic E-state index is 10.2. The highest BCUT2D eigenvalue weighted by Gasteiger charge is 2.51. The van der Waals surface area contributed by atoms with E-state index in [1.165, 1.54) is 6.26 Å². The third-order valence-electron chi connectivity index (χ3n) is 13.2. The fourth-order valence-corrected chi connectivity index (χ4v) is 10.3. The summed E-state index contributed by atoms with van der Waals surface area (Å²) in [6, 6.07) is 22.7. The summed E-state index contributed by atoms with van der Waals surface area (Å²) in [5.41, 5.74) is 8.26. The Morgan fingerprint density at radius 2 is 0.933 bits per heavy atom. The highest BCUT2D eigenvalue weighted by atomic mass is 32.2. The van der Waals surface area contributed by atoms with Gasteiger partial charge in [0.15, 0.2) is 0 Å². The number of hydrogen-bond acceptors (Lipinski definition) is 13. The van der Waals surface area contributed by atoms with E-state index in [0.717, 1.165) is 108 Å². The monoisotopic (exact) mass is 844 g/mol. The number of ether oxygens (including phenoxy) is 6. The summed E-state index contributed by atoms with van der Waals surface area (Å²) in [5, 5.41) is 18.5. The van der Waals surface area contributed by atoms with Crippen LogP contribution >= 0.6 is 12.1 Å². The van der Waals surface area contributed by atoms with Gasteiger partial charge in [-0.05, 0) is 87.9 Å². The number of nitrogens with two attached hydrogens (primary N) is 1. The smallest absolute Gasteiger partial charge is 0.0946 e. The SMILES string of the molecule is CSF.N#CCC1(c2ccccn2)CCOC2(CCOC2)C1.N#CC[C@@]1(c2ccccn2)CCO[C@]2(CCOC2)C1.NCC[C@@]1(c2ccccn2)CCO[C@]2(CCOC2)C1. The molecule has 6 saturated heterocycles. The first-order valence-electron chi connectivity index (χ1n) is 21.3. The van der Waals surface area contributed by atoms with Gasteiger partial charge < -0.3 is 34.2 Å². The molecular weight excluding hydrogens is 784 g/mol. The Bertz CT molecular complexity index is 1730. The van der Waals surface area contributed by atoms with Gasteiger partial charge in [-0.2, -0.15) is 14.4 Å².